The molecule has 1 amide bonds. The zero-order valence-corrected chi connectivity index (χ0v) is 15.0. The Labute approximate surface area is 150 Å². The summed E-state index contributed by atoms with van der Waals surface area (Å²) < 4.78 is 0. The molecule has 5 nitrogen and oxygen atoms in total. The van der Waals surface area contributed by atoms with E-state index in [0.717, 1.165) is 54.3 Å². The molecule has 0 bridgehead atoms. The molecule has 0 saturated carbocycles. The van der Waals surface area contributed by atoms with E-state index in [1.807, 2.05) is 48.2 Å². The van der Waals surface area contributed by atoms with Crippen LogP contribution >= 0.6 is 11.3 Å². The third-order valence-electron chi connectivity index (χ3n) is 4.53. The van der Waals surface area contributed by atoms with E-state index >= 15 is 0 Å². The number of pyridine rings is 1. The molecule has 2 aromatic heterocycles. The van der Waals surface area contributed by atoms with E-state index in [1.165, 1.54) is 0 Å². The zero-order valence-electron chi connectivity index (χ0n) is 14.2. The van der Waals surface area contributed by atoms with Crippen molar-refractivity contribution >= 4 is 28.1 Å². The summed E-state index contributed by atoms with van der Waals surface area (Å²) in [4.78, 5) is 26.1. The smallest absolute Gasteiger partial charge is 0.272 e. The zero-order chi connectivity index (χ0) is 17.2. The van der Waals surface area contributed by atoms with Gasteiger partial charge in [0, 0.05) is 43.5 Å². The molecule has 1 aliphatic heterocycles. The van der Waals surface area contributed by atoms with Crippen molar-refractivity contribution in [2.45, 2.75) is 13.5 Å². The van der Waals surface area contributed by atoms with Crippen molar-refractivity contribution in [3.05, 3.63) is 58.2 Å². The Balaban J connectivity index is 1.40. The van der Waals surface area contributed by atoms with Gasteiger partial charge in [-0.2, -0.15) is 0 Å². The molecule has 128 valence electrons. The maximum absolute atomic E-state index is 12.7. The Bertz CT molecular complexity index is 899. The molecule has 1 aromatic carbocycles. The summed E-state index contributed by atoms with van der Waals surface area (Å²) >= 11 is 1.69. The Hall–Kier alpha value is -2.31. The Morgan fingerprint density at radius 3 is 2.64 bits per heavy atom. The normalized spacial score (nSPS) is 15.6. The van der Waals surface area contributed by atoms with Gasteiger partial charge in [0.2, 0.25) is 0 Å². The third kappa shape index (κ3) is 3.55. The van der Waals surface area contributed by atoms with Crippen LogP contribution in [0.1, 0.15) is 21.2 Å². The maximum Gasteiger partial charge on any atom is 0.272 e. The molecule has 6 heteroatoms. The summed E-state index contributed by atoms with van der Waals surface area (Å²) in [5.74, 6) is 0.0231. The molecule has 1 saturated heterocycles. The molecule has 4 rings (SSSR count). The first-order valence-electron chi connectivity index (χ1n) is 8.47. The minimum absolute atomic E-state index is 0.0231. The number of hydrogen-bond donors (Lipinski definition) is 0. The van der Waals surface area contributed by atoms with E-state index in [0.29, 0.717) is 5.69 Å². The molecule has 25 heavy (non-hydrogen) atoms. The van der Waals surface area contributed by atoms with Gasteiger partial charge in [-0.05, 0) is 19.1 Å². The summed E-state index contributed by atoms with van der Waals surface area (Å²) in [6.45, 7) is 6.10. The van der Waals surface area contributed by atoms with Crippen LogP contribution in [-0.4, -0.2) is 51.9 Å². The number of nitrogens with zero attached hydrogens (tertiary/aromatic N) is 4. The van der Waals surface area contributed by atoms with E-state index in [4.69, 9.17) is 0 Å². The first-order chi connectivity index (χ1) is 12.2. The van der Waals surface area contributed by atoms with Gasteiger partial charge in [-0.25, -0.2) is 9.97 Å². The van der Waals surface area contributed by atoms with Gasteiger partial charge >= 0.3 is 0 Å². The SMILES string of the molecule is Cc1nc(CN2CCN(C(=O)c3ccc4ccccc4n3)CC2)cs1. The number of fused-ring (bicyclic) bond motifs is 1. The predicted molar refractivity (Wildman–Crippen MR) is 99.8 cm³/mol. The molecule has 1 aliphatic rings. The van der Waals surface area contributed by atoms with Crippen molar-refractivity contribution in [2.75, 3.05) is 26.2 Å². The molecule has 0 aliphatic carbocycles. The van der Waals surface area contributed by atoms with Gasteiger partial charge in [0.15, 0.2) is 0 Å². The predicted octanol–water partition coefficient (Wildman–Crippen LogP) is 2.96. The quantitative estimate of drug-likeness (QED) is 0.727. The standard InChI is InChI=1S/C19H20N4OS/c1-14-20-16(13-25-14)12-22-8-10-23(11-9-22)19(24)18-7-6-15-4-2-3-5-17(15)21-18/h2-7,13H,8-12H2,1H3. The van der Waals surface area contributed by atoms with Gasteiger partial charge < -0.3 is 4.90 Å². The average Bonchev–Trinajstić information content (AvgIpc) is 3.06. The Morgan fingerprint density at radius 1 is 1.08 bits per heavy atom. The number of aryl methyl sites for hydroxylation is 1. The number of para-hydroxylation sites is 1. The highest BCUT2D eigenvalue weighted by molar-refractivity contribution is 7.09. The van der Waals surface area contributed by atoms with Gasteiger partial charge in [-0.3, -0.25) is 9.69 Å². The highest BCUT2D eigenvalue weighted by atomic mass is 32.1. The van der Waals surface area contributed by atoms with Crippen molar-refractivity contribution in [3.8, 4) is 0 Å². The lowest BCUT2D eigenvalue weighted by molar-refractivity contribution is 0.0622. The maximum atomic E-state index is 12.7. The molecule has 1 fully saturated rings. The van der Waals surface area contributed by atoms with Gasteiger partial charge in [0.25, 0.3) is 5.91 Å². The number of carbonyl (C=O) groups is 1. The monoisotopic (exact) mass is 352 g/mol. The largest absolute Gasteiger partial charge is 0.335 e. The number of rotatable bonds is 3. The van der Waals surface area contributed by atoms with Gasteiger partial charge in [0.05, 0.1) is 16.2 Å². The van der Waals surface area contributed by atoms with Crippen LogP contribution < -0.4 is 0 Å². The molecule has 3 aromatic rings. The third-order valence-corrected chi connectivity index (χ3v) is 5.35. The van der Waals surface area contributed by atoms with Crippen LogP contribution in [0.15, 0.2) is 41.8 Å². The summed E-state index contributed by atoms with van der Waals surface area (Å²) in [6, 6.07) is 11.7. The summed E-state index contributed by atoms with van der Waals surface area (Å²) in [6.07, 6.45) is 0. The van der Waals surface area contributed by atoms with E-state index in [2.05, 4.69) is 20.2 Å². The summed E-state index contributed by atoms with van der Waals surface area (Å²) in [5.41, 5.74) is 2.52. The summed E-state index contributed by atoms with van der Waals surface area (Å²) in [7, 11) is 0. The van der Waals surface area contributed by atoms with E-state index < -0.39 is 0 Å². The second-order valence-electron chi connectivity index (χ2n) is 6.32. The topological polar surface area (TPSA) is 49.3 Å². The number of amides is 1. The first kappa shape index (κ1) is 16.2. The Kier molecular flexibility index (Phi) is 4.46. The van der Waals surface area contributed by atoms with E-state index in [9.17, 15) is 4.79 Å². The molecule has 3 heterocycles. The van der Waals surface area contributed by atoms with E-state index in [1.54, 1.807) is 11.3 Å². The molecule has 0 radical (unpaired) electrons. The van der Waals surface area contributed by atoms with Crippen LogP contribution in [0, 0.1) is 6.92 Å². The van der Waals surface area contributed by atoms with Crippen LogP contribution in [-0.2, 0) is 6.54 Å². The highest BCUT2D eigenvalue weighted by Gasteiger charge is 2.23. The van der Waals surface area contributed by atoms with Crippen LogP contribution in [0.3, 0.4) is 0 Å². The van der Waals surface area contributed by atoms with Gasteiger partial charge in [-0.15, -0.1) is 11.3 Å². The fourth-order valence-corrected chi connectivity index (χ4v) is 3.77. The molecule has 0 spiro atoms. The molecule has 0 unspecified atom stereocenters. The van der Waals surface area contributed by atoms with Crippen LogP contribution in [0.25, 0.3) is 10.9 Å². The lowest BCUT2D eigenvalue weighted by atomic mass is 10.2. The van der Waals surface area contributed by atoms with Crippen molar-refractivity contribution in [1.29, 1.82) is 0 Å². The van der Waals surface area contributed by atoms with Crippen LogP contribution in [0.5, 0.6) is 0 Å². The molecular formula is C19H20N4OS. The van der Waals surface area contributed by atoms with Crippen molar-refractivity contribution in [1.82, 2.24) is 19.8 Å². The van der Waals surface area contributed by atoms with E-state index in [-0.39, 0.29) is 5.91 Å². The fraction of sp³-hybridized carbons (Fsp3) is 0.316. The molecular weight excluding hydrogens is 332 g/mol. The number of benzene rings is 1. The van der Waals surface area contributed by atoms with Crippen LogP contribution in [0.4, 0.5) is 0 Å². The molecule has 0 N–H and O–H groups in total. The second-order valence-corrected chi connectivity index (χ2v) is 7.38. The van der Waals surface area contributed by atoms with Crippen molar-refractivity contribution in [3.63, 3.8) is 0 Å². The highest BCUT2D eigenvalue weighted by Crippen LogP contribution is 2.15. The van der Waals surface area contributed by atoms with Crippen molar-refractivity contribution in [2.24, 2.45) is 0 Å². The van der Waals surface area contributed by atoms with Crippen LogP contribution in [0.2, 0.25) is 0 Å². The van der Waals surface area contributed by atoms with Crippen molar-refractivity contribution < 1.29 is 4.79 Å². The minimum atomic E-state index is 0.0231. The first-order valence-corrected chi connectivity index (χ1v) is 9.35. The Morgan fingerprint density at radius 2 is 1.88 bits per heavy atom. The fourth-order valence-electron chi connectivity index (χ4n) is 3.17. The number of piperazine rings is 1. The lowest BCUT2D eigenvalue weighted by Crippen LogP contribution is -2.48. The van der Waals surface area contributed by atoms with Gasteiger partial charge in [0.1, 0.15) is 5.69 Å². The minimum Gasteiger partial charge on any atom is -0.335 e. The molecule has 0 atom stereocenters. The number of hydrogen-bond acceptors (Lipinski definition) is 5. The second kappa shape index (κ2) is 6.90. The number of aromatic nitrogens is 2. The lowest BCUT2D eigenvalue weighted by Gasteiger charge is -2.34. The number of carbonyl (C=O) groups excluding carboxylic acids is 1. The number of thiazole rings is 1. The summed E-state index contributed by atoms with van der Waals surface area (Å²) in [5, 5.41) is 4.28. The van der Waals surface area contributed by atoms with Gasteiger partial charge in [-0.1, -0.05) is 24.3 Å². The average molecular weight is 352 g/mol.